The molecule has 2 nitrogen and oxygen atoms in total. The zero-order valence-corrected chi connectivity index (χ0v) is 12.9. The van der Waals surface area contributed by atoms with E-state index in [0.29, 0.717) is 12.1 Å². The van der Waals surface area contributed by atoms with Gasteiger partial charge < -0.3 is 4.74 Å². The van der Waals surface area contributed by atoms with Crippen molar-refractivity contribution in [3.63, 3.8) is 0 Å². The molecule has 1 aliphatic heterocycles. The van der Waals surface area contributed by atoms with Crippen molar-refractivity contribution < 1.29 is 9.13 Å². The summed E-state index contributed by atoms with van der Waals surface area (Å²) in [7, 11) is 1.80. The van der Waals surface area contributed by atoms with Gasteiger partial charge in [0.25, 0.3) is 0 Å². The molecule has 21 heavy (non-hydrogen) atoms. The normalized spacial score (nSPS) is 28.1. The molecular formula is C18H26FNO. The van der Waals surface area contributed by atoms with Gasteiger partial charge in [-0.3, -0.25) is 4.90 Å². The largest absolute Gasteiger partial charge is 0.380 e. The molecule has 0 spiro atoms. The van der Waals surface area contributed by atoms with Crippen LogP contribution in [0.15, 0.2) is 24.3 Å². The van der Waals surface area contributed by atoms with Crippen LogP contribution >= 0.6 is 0 Å². The molecule has 0 amide bonds. The predicted octanol–water partition coefficient (Wildman–Crippen LogP) is 3.79. The first-order valence-corrected chi connectivity index (χ1v) is 8.31. The van der Waals surface area contributed by atoms with Gasteiger partial charge in [-0.05, 0) is 50.3 Å². The summed E-state index contributed by atoms with van der Waals surface area (Å²) >= 11 is 0. The summed E-state index contributed by atoms with van der Waals surface area (Å²) < 4.78 is 19.8. The number of halogens is 1. The zero-order chi connectivity index (χ0) is 14.7. The molecule has 1 saturated carbocycles. The van der Waals surface area contributed by atoms with Crippen LogP contribution in [0.5, 0.6) is 0 Å². The Hall–Kier alpha value is -0.930. The van der Waals surface area contributed by atoms with Crippen LogP contribution in [0.4, 0.5) is 4.39 Å². The van der Waals surface area contributed by atoms with Gasteiger partial charge in [0.05, 0.1) is 6.10 Å². The number of rotatable bonds is 4. The molecule has 3 rings (SSSR count). The van der Waals surface area contributed by atoms with E-state index in [-0.39, 0.29) is 11.9 Å². The molecule has 2 fully saturated rings. The van der Waals surface area contributed by atoms with E-state index in [1.165, 1.54) is 32.1 Å². The van der Waals surface area contributed by atoms with Gasteiger partial charge in [0.1, 0.15) is 5.82 Å². The Labute approximate surface area is 127 Å². The number of ether oxygens (including phenoxy) is 1. The van der Waals surface area contributed by atoms with Crippen molar-refractivity contribution in [1.82, 2.24) is 4.90 Å². The van der Waals surface area contributed by atoms with Crippen LogP contribution in [0, 0.1) is 5.82 Å². The Morgan fingerprint density at radius 3 is 2.62 bits per heavy atom. The highest BCUT2D eigenvalue weighted by Crippen LogP contribution is 2.32. The van der Waals surface area contributed by atoms with Crippen LogP contribution in [-0.4, -0.2) is 36.7 Å². The highest BCUT2D eigenvalue weighted by atomic mass is 19.1. The van der Waals surface area contributed by atoms with Crippen LogP contribution < -0.4 is 0 Å². The molecule has 0 unspecified atom stereocenters. The average Bonchev–Trinajstić information content (AvgIpc) is 3.04. The van der Waals surface area contributed by atoms with Crippen molar-refractivity contribution in [1.29, 1.82) is 0 Å². The maximum Gasteiger partial charge on any atom is 0.126 e. The molecule has 0 bridgehead atoms. The topological polar surface area (TPSA) is 12.5 Å². The third kappa shape index (κ3) is 3.29. The SMILES string of the molecule is CO[C@H]1CCCN(C2CCCC2)[C@H]1Cc1ccccc1F. The first kappa shape index (κ1) is 15.0. The lowest BCUT2D eigenvalue weighted by Crippen LogP contribution is -2.53. The van der Waals surface area contributed by atoms with Crippen molar-refractivity contribution in [3.05, 3.63) is 35.6 Å². The van der Waals surface area contributed by atoms with Gasteiger partial charge in [-0.25, -0.2) is 4.39 Å². The lowest BCUT2D eigenvalue weighted by Gasteiger charge is -2.44. The molecule has 1 aliphatic carbocycles. The van der Waals surface area contributed by atoms with Gasteiger partial charge in [0.2, 0.25) is 0 Å². The summed E-state index contributed by atoms with van der Waals surface area (Å²) in [5.74, 6) is -0.0794. The highest BCUT2D eigenvalue weighted by molar-refractivity contribution is 5.19. The number of nitrogens with zero attached hydrogens (tertiary/aromatic N) is 1. The Morgan fingerprint density at radius 1 is 1.14 bits per heavy atom. The first-order chi connectivity index (χ1) is 10.3. The fourth-order valence-corrected chi connectivity index (χ4v) is 4.15. The second-order valence-electron chi connectivity index (χ2n) is 6.46. The van der Waals surface area contributed by atoms with E-state index in [4.69, 9.17) is 4.74 Å². The molecule has 1 aromatic carbocycles. The summed E-state index contributed by atoms with van der Waals surface area (Å²) in [4.78, 5) is 2.62. The fraction of sp³-hybridized carbons (Fsp3) is 0.667. The standard InChI is InChI=1S/C18H26FNO/c1-21-18-11-6-12-20(15-8-3-4-9-15)17(18)13-14-7-2-5-10-16(14)19/h2,5,7,10,15,17-18H,3-4,6,8-9,11-13H2,1H3/t17-,18-/m0/s1. The lowest BCUT2D eigenvalue weighted by molar-refractivity contribution is -0.0354. The molecule has 3 heteroatoms. The van der Waals surface area contributed by atoms with Crippen LogP contribution in [-0.2, 0) is 11.2 Å². The zero-order valence-electron chi connectivity index (χ0n) is 12.9. The van der Waals surface area contributed by atoms with E-state index in [0.717, 1.165) is 24.9 Å². The van der Waals surface area contributed by atoms with Crippen molar-refractivity contribution in [3.8, 4) is 0 Å². The molecule has 0 aromatic heterocycles. The molecule has 1 heterocycles. The number of benzene rings is 1. The molecule has 1 saturated heterocycles. The van der Waals surface area contributed by atoms with E-state index in [1.807, 2.05) is 12.1 Å². The number of hydrogen-bond donors (Lipinski definition) is 0. The van der Waals surface area contributed by atoms with Crippen LogP contribution in [0.2, 0.25) is 0 Å². The van der Waals surface area contributed by atoms with E-state index < -0.39 is 0 Å². The van der Waals surface area contributed by atoms with Crippen LogP contribution in [0.1, 0.15) is 44.1 Å². The Bertz CT molecular complexity index is 458. The van der Waals surface area contributed by atoms with Crippen LogP contribution in [0.3, 0.4) is 0 Å². The first-order valence-electron chi connectivity index (χ1n) is 8.31. The van der Waals surface area contributed by atoms with Gasteiger partial charge in [-0.15, -0.1) is 0 Å². The van der Waals surface area contributed by atoms with E-state index in [9.17, 15) is 4.39 Å². The summed E-state index contributed by atoms with van der Waals surface area (Å²) in [5, 5.41) is 0. The van der Waals surface area contributed by atoms with Gasteiger partial charge in [0.15, 0.2) is 0 Å². The molecule has 0 radical (unpaired) electrons. The Morgan fingerprint density at radius 2 is 1.90 bits per heavy atom. The van der Waals surface area contributed by atoms with Crippen molar-refractivity contribution in [2.24, 2.45) is 0 Å². The maximum absolute atomic E-state index is 14.0. The molecule has 2 aliphatic rings. The second-order valence-corrected chi connectivity index (χ2v) is 6.46. The minimum atomic E-state index is -0.0794. The Kier molecular flexibility index (Phi) is 4.91. The second kappa shape index (κ2) is 6.89. The third-order valence-corrected chi connectivity index (χ3v) is 5.24. The average molecular weight is 291 g/mol. The van der Waals surface area contributed by atoms with Crippen molar-refractivity contribution in [2.75, 3.05) is 13.7 Å². The summed E-state index contributed by atoms with van der Waals surface area (Å²) in [5.41, 5.74) is 0.828. The van der Waals surface area contributed by atoms with E-state index in [1.54, 1.807) is 19.2 Å². The van der Waals surface area contributed by atoms with Crippen LogP contribution in [0.25, 0.3) is 0 Å². The fourth-order valence-electron chi connectivity index (χ4n) is 4.15. The maximum atomic E-state index is 14.0. The molecule has 2 atom stereocenters. The number of likely N-dealkylation sites (tertiary alicyclic amines) is 1. The summed E-state index contributed by atoms with van der Waals surface area (Å²) in [6.07, 6.45) is 8.56. The third-order valence-electron chi connectivity index (χ3n) is 5.24. The highest BCUT2D eigenvalue weighted by Gasteiger charge is 2.36. The van der Waals surface area contributed by atoms with Crippen molar-refractivity contribution >= 4 is 0 Å². The summed E-state index contributed by atoms with van der Waals surface area (Å²) in [6, 6.07) is 8.19. The molecular weight excluding hydrogens is 265 g/mol. The Balaban J connectivity index is 1.80. The number of hydrogen-bond acceptors (Lipinski definition) is 2. The van der Waals surface area contributed by atoms with E-state index >= 15 is 0 Å². The smallest absolute Gasteiger partial charge is 0.126 e. The van der Waals surface area contributed by atoms with Gasteiger partial charge in [0, 0.05) is 19.2 Å². The molecule has 1 aromatic rings. The molecule has 0 N–H and O–H groups in total. The predicted molar refractivity (Wildman–Crippen MR) is 82.9 cm³/mol. The quantitative estimate of drug-likeness (QED) is 0.837. The summed E-state index contributed by atoms with van der Waals surface area (Å²) in [6.45, 7) is 1.14. The van der Waals surface area contributed by atoms with E-state index in [2.05, 4.69) is 4.90 Å². The minimum absolute atomic E-state index is 0.0794. The molecule has 116 valence electrons. The number of piperidine rings is 1. The van der Waals surface area contributed by atoms with Crippen molar-refractivity contribution in [2.45, 2.75) is 63.1 Å². The number of methoxy groups -OCH3 is 1. The van der Waals surface area contributed by atoms with Gasteiger partial charge in [-0.2, -0.15) is 0 Å². The minimum Gasteiger partial charge on any atom is -0.380 e. The van der Waals surface area contributed by atoms with Gasteiger partial charge in [-0.1, -0.05) is 31.0 Å². The monoisotopic (exact) mass is 291 g/mol. The van der Waals surface area contributed by atoms with Gasteiger partial charge >= 0.3 is 0 Å². The lowest BCUT2D eigenvalue weighted by atomic mass is 9.91.